The minimum atomic E-state index is -0.254. The van der Waals surface area contributed by atoms with Gasteiger partial charge in [-0.1, -0.05) is 20.8 Å². The Labute approximate surface area is 158 Å². The number of aromatic nitrogens is 4. The smallest absolute Gasteiger partial charge is 0.260 e. The Morgan fingerprint density at radius 3 is 2.52 bits per heavy atom. The Hall–Kier alpha value is -3.22. The number of nitrogens with zero attached hydrogens (tertiary/aromatic N) is 3. The van der Waals surface area contributed by atoms with Crippen LogP contribution in [0.1, 0.15) is 48.0 Å². The van der Waals surface area contributed by atoms with Crippen LogP contribution in [0.5, 0.6) is 0 Å². The lowest BCUT2D eigenvalue weighted by Gasteiger charge is -2.17. The van der Waals surface area contributed by atoms with Crippen LogP contribution in [0.3, 0.4) is 0 Å². The molecular formula is C20H24N6O. The van der Waals surface area contributed by atoms with Crippen LogP contribution in [0.2, 0.25) is 0 Å². The van der Waals surface area contributed by atoms with Gasteiger partial charge in [-0.25, -0.2) is 4.98 Å². The van der Waals surface area contributed by atoms with Crippen molar-refractivity contribution in [2.24, 2.45) is 0 Å². The lowest BCUT2D eigenvalue weighted by molar-refractivity contribution is 0.102. The largest absolute Gasteiger partial charge is 0.365 e. The Morgan fingerprint density at radius 1 is 1.11 bits per heavy atom. The third-order valence-electron chi connectivity index (χ3n) is 4.25. The SMILES string of the molecule is Cc1c(NC(=O)c2cccnc2NCc2ccncc2)n[nH]c1C(C)(C)C. The number of hydrogen-bond donors (Lipinski definition) is 3. The average Bonchev–Trinajstić information content (AvgIpc) is 3.02. The van der Waals surface area contributed by atoms with Gasteiger partial charge in [-0.3, -0.25) is 14.9 Å². The second kappa shape index (κ2) is 7.57. The fourth-order valence-corrected chi connectivity index (χ4v) is 2.84. The number of amides is 1. The van der Waals surface area contributed by atoms with Crippen molar-refractivity contribution in [1.29, 1.82) is 0 Å². The lowest BCUT2D eigenvalue weighted by atomic mass is 9.90. The van der Waals surface area contributed by atoms with Crippen molar-refractivity contribution >= 4 is 17.5 Å². The van der Waals surface area contributed by atoms with E-state index in [1.807, 2.05) is 19.1 Å². The number of H-pyrrole nitrogens is 1. The summed E-state index contributed by atoms with van der Waals surface area (Å²) < 4.78 is 0. The van der Waals surface area contributed by atoms with Crippen molar-refractivity contribution in [3.63, 3.8) is 0 Å². The topological polar surface area (TPSA) is 95.6 Å². The Balaban J connectivity index is 1.77. The molecule has 0 bridgehead atoms. The Bertz CT molecular complexity index is 927. The van der Waals surface area contributed by atoms with Crippen LogP contribution in [0.25, 0.3) is 0 Å². The molecular weight excluding hydrogens is 340 g/mol. The fourth-order valence-electron chi connectivity index (χ4n) is 2.84. The Morgan fingerprint density at radius 2 is 1.85 bits per heavy atom. The van der Waals surface area contributed by atoms with Crippen LogP contribution in [-0.2, 0) is 12.0 Å². The summed E-state index contributed by atoms with van der Waals surface area (Å²) in [5.41, 5.74) is 3.38. The van der Waals surface area contributed by atoms with Crippen molar-refractivity contribution in [1.82, 2.24) is 20.2 Å². The van der Waals surface area contributed by atoms with E-state index in [0.717, 1.165) is 16.8 Å². The highest BCUT2D eigenvalue weighted by Crippen LogP contribution is 2.27. The van der Waals surface area contributed by atoms with E-state index in [4.69, 9.17) is 0 Å². The number of rotatable bonds is 5. The fraction of sp³-hybridized carbons (Fsp3) is 0.300. The molecule has 3 aromatic heterocycles. The summed E-state index contributed by atoms with van der Waals surface area (Å²) in [5.74, 6) is 0.806. The van der Waals surface area contributed by atoms with E-state index < -0.39 is 0 Å². The van der Waals surface area contributed by atoms with Gasteiger partial charge in [-0.15, -0.1) is 0 Å². The molecule has 0 fully saturated rings. The van der Waals surface area contributed by atoms with E-state index in [0.29, 0.717) is 23.7 Å². The first-order chi connectivity index (χ1) is 12.9. The summed E-state index contributed by atoms with van der Waals surface area (Å²) in [4.78, 5) is 21.1. The molecule has 27 heavy (non-hydrogen) atoms. The molecule has 0 aliphatic carbocycles. The number of pyridine rings is 2. The first kappa shape index (κ1) is 18.6. The van der Waals surface area contributed by atoms with E-state index in [1.165, 1.54) is 0 Å². The van der Waals surface area contributed by atoms with Crippen LogP contribution in [0.4, 0.5) is 11.6 Å². The molecule has 3 rings (SSSR count). The van der Waals surface area contributed by atoms with Crippen molar-refractivity contribution in [2.45, 2.75) is 39.7 Å². The molecule has 3 aromatic rings. The number of aromatic amines is 1. The molecule has 0 saturated heterocycles. The van der Waals surface area contributed by atoms with Gasteiger partial charge in [0.15, 0.2) is 5.82 Å². The van der Waals surface area contributed by atoms with Gasteiger partial charge in [-0.05, 0) is 36.8 Å². The van der Waals surface area contributed by atoms with Crippen molar-refractivity contribution in [3.05, 3.63) is 65.2 Å². The minimum absolute atomic E-state index is 0.0778. The molecule has 7 nitrogen and oxygen atoms in total. The van der Waals surface area contributed by atoms with E-state index in [-0.39, 0.29) is 11.3 Å². The van der Waals surface area contributed by atoms with Gasteiger partial charge in [0, 0.05) is 41.8 Å². The molecule has 3 heterocycles. The lowest BCUT2D eigenvalue weighted by Crippen LogP contribution is -2.17. The molecule has 3 N–H and O–H groups in total. The van der Waals surface area contributed by atoms with Gasteiger partial charge < -0.3 is 10.6 Å². The third kappa shape index (κ3) is 4.31. The van der Waals surface area contributed by atoms with Crippen molar-refractivity contribution in [3.8, 4) is 0 Å². The van der Waals surface area contributed by atoms with Crippen LogP contribution in [0, 0.1) is 6.92 Å². The number of carbonyl (C=O) groups excluding carboxylic acids is 1. The van der Waals surface area contributed by atoms with Crippen molar-refractivity contribution < 1.29 is 4.79 Å². The van der Waals surface area contributed by atoms with E-state index in [2.05, 4.69) is 51.6 Å². The summed E-state index contributed by atoms with van der Waals surface area (Å²) in [7, 11) is 0. The highest BCUT2D eigenvalue weighted by atomic mass is 16.1. The maximum atomic E-state index is 12.8. The van der Waals surface area contributed by atoms with Crippen LogP contribution in [0.15, 0.2) is 42.9 Å². The van der Waals surface area contributed by atoms with Gasteiger partial charge in [0.1, 0.15) is 5.82 Å². The predicted octanol–water partition coefficient (Wildman–Crippen LogP) is 3.67. The molecule has 7 heteroatoms. The van der Waals surface area contributed by atoms with E-state index in [9.17, 15) is 4.79 Å². The van der Waals surface area contributed by atoms with Crippen LogP contribution in [-0.4, -0.2) is 26.1 Å². The van der Waals surface area contributed by atoms with E-state index >= 15 is 0 Å². The minimum Gasteiger partial charge on any atom is -0.365 e. The number of nitrogens with one attached hydrogen (secondary N) is 3. The van der Waals surface area contributed by atoms with Gasteiger partial charge in [0.25, 0.3) is 5.91 Å². The molecule has 0 aromatic carbocycles. The molecule has 0 spiro atoms. The second-order valence-electron chi connectivity index (χ2n) is 7.38. The normalized spacial score (nSPS) is 11.3. The summed E-state index contributed by atoms with van der Waals surface area (Å²) >= 11 is 0. The molecule has 0 unspecified atom stereocenters. The zero-order valence-electron chi connectivity index (χ0n) is 16.0. The van der Waals surface area contributed by atoms with Crippen molar-refractivity contribution in [2.75, 3.05) is 10.6 Å². The average molecular weight is 364 g/mol. The summed E-state index contributed by atoms with van der Waals surface area (Å²) in [6, 6.07) is 7.31. The summed E-state index contributed by atoms with van der Waals surface area (Å²) in [5, 5.41) is 13.4. The summed E-state index contributed by atoms with van der Waals surface area (Å²) in [6.07, 6.45) is 5.12. The quantitative estimate of drug-likeness (QED) is 0.642. The Kier molecular flexibility index (Phi) is 5.21. The molecule has 0 radical (unpaired) electrons. The highest BCUT2D eigenvalue weighted by molar-refractivity contribution is 6.07. The molecule has 0 aliphatic heterocycles. The van der Waals surface area contributed by atoms with Crippen LogP contribution < -0.4 is 10.6 Å². The van der Waals surface area contributed by atoms with Crippen LogP contribution >= 0.6 is 0 Å². The molecule has 140 valence electrons. The molecule has 0 saturated carbocycles. The highest BCUT2D eigenvalue weighted by Gasteiger charge is 2.22. The predicted molar refractivity (Wildman–Crippen MR) is 106 cm³/mol. The maximum Gasteiger partial charge on any atom is 0.260 e. The first-order valence-electron chi connectivity index (χ1n) is 8.81. The molecule has 0 atom stereocenters. The van der Waals surface area contributed by atoms with Gasteiger partial charge in [0.05, 0.1) is 5.56 Å². The first-order valence-corrected chi connectivity index (χ1v) is 8.81. The maximum absolute atomic E-state index is 12.8. The number of anilines is 2. The van der Waals surface area contributed by atoms with E-state index in [1.54, 1.807) is 30.7 Å². The zero-order valence-corrected chi connectivity index (χ0v) is 16.0. The van der Waals surface area contributed by atoms with Gasteiger partial charge in [0.2, 0.25) is 0 Å². The standard InChI is InChI=1S/C20H24N6O/c1-13-16(20(2,3)4)25-26-17(13)24-19(27)15-6-5-9-22-18(15)23-12-14-7-10-21-11-8-14/h5-11H,12H2,1-4H3,(H,22,23)(H2,24,25,26,27). The zero-order chi connectivity index (χ0) is 19.4. The molecule has 0 aliphatic rings. The number of carbonyl (C=O) groups is 1. The second-order valence-corrected chi connectivity index (χ2v) is 7.38. The van der Waals surface area contributed by atoms with Gasteiger partial charge >= 0.3 is 0 Å². The summed E-state index contributed by atoms with van der Waals surface area (Å²) in [6.45, 7) is 8.80. The third-order valence-corrected chi connectivity index (χ3v) is 4.25. The van der Waals surface area contributed by atoms with Gasteiger partial charge in [-0.2, -0.15) is 5.10 Å². The molecule has 1 amide bonds. The number of hydrogen-bond acceptors (Lipinski definition) is 5. The monoisotopic (exact) mass is 364 g/mol.